The summed E-state index contributed by atoms with van der Waals surface area (Å²) in [5, 5.41) is 0.466. The molecule has 0 saturated heterocycles. The maximum atomic E-state index is 13.3. The average molecular weight is 368 g/mol. The van der Waals surface area contributed by atoms with Crippen LogP contribution in [0.3, 0.4) is 0 Å². The first-order valence-corrected chi connectivity index (χ1v) is 9.02. The molecule has 0 aliphatic carbocycles. The Morgan fingerprint density at radius 1 is 0.929 bits per heavy atom. The molecule has 0 radical (unpaired) electrons. The zero-order valence-electron chi connectivity index (χ0n) is 15.1. The van der Waals surface area contributed by atoms with Gasteiger partial charge in [0.2, 0.25) is 5.76 Å². The summed E-state index contributed by atoms with van der Waals surface area (Å²) in [7, 11) is 0. The molecule has 0 bridgehead atoms. The van der Waals surface area contributed by atoms with Crippen LogP contribution in [0.15, 0.2) is 82.1 Å². The summed E-state index contributed by atoms with van der Waals surface area (Å²) in [6, 6.07) is 19.6. The fourth-order valence-corrected chi connectivity index (χ4v) is 3.71. The number of para-hydroxylation sites is 1. The fourth-order valence-electron chi connectivity index (χ4n) is 3.71. The predicted octanol–water partition coefficient (Wildman–Crippen LogP) is 4.25. The van der Waals surface area contributed by atoms with E-state index in [4.69, 9.17) is 4.42 Å². The molecule has 5 nitrogen and oxygen atoms in total. The van der Waals surface area contributed by atoms with Crippen molar-refractivity contribution >= 4 is 22.7 Å². The predicted molar refractivity (Wildman–Crippen MR) is 107 cm³/mol. The Morgan fingerprint density at radius 3 is 2.43 bits per heavy atom. The number of pyridine rings is 1. The van der Waals surface area contributed by atoms with Gasteiger partial charge in [-0.2, -0.15) is 0 Å². The number of amides is 1. The van der Waals surface area contributed by atoms with Crippen molar-refractivity contribution in [3.05, 3.63) is 106 Å². The first-order chi connectivity index (χ1) is 13.6. The number of fused-ring (bicyclic) bond motifs is 2. The molecule has 0 saturated carbocycles. The van der Waals surface area contributed by atoms with Crippen molar-refractivity contribution in [2.75, 3.05) is 4.90 Å². The first-order valence-electron chi connectivity index (χ1n) is 9.02. The molecule has 28 heavy (non-hydrogen) atoms. The SMILES string of the molecule is Cc1ccc(N2C(=O)c3oc4ccccc4c(=O)c3C2c2ccccc2)nc1. The van der Waals surface area contributed by atoms with Crippen molar-refractivity contribution in [2.45, 2.75) is 13.0 Å². The Bertz CT molecular complexity index is 1260. The Balaban J connectivity index is 1.82. The molecule has 1 aliphatic rings. The molecular weight excluding hydrogens is 352 g/mol. The van der Waals surface area contributed by atoms with Crippen molar-refractivity contribution in [3.63, 3.8) is 0 Å². The summed E-state index contributed by atoms with van der Waals surface area (Å²) in [4.78, 5) is 32.6. The molecule has 1 atom stereocenters. The van der Waals surface area contributed by atoms with E-state index in [9.17, 15) is 9.59 Å². The minimum atomic E-state index is -0.584. The van der Waals surface area contributed by atoms with E-state index in [-0.39, 0.29) is 17.1 Å². The molecule has 1 unspecified atom stereocenters. The van der Waals surface area contributed by atoms with Gasteiger partial charge in [0.1, 0.15) is 11.4 Å². The lowest BCUT2D eigenvalue weighted by Crippen LogP contribution is -2.30. The van der Waals surface area contributed by atoms with Gasteiger partial charge in [0.25, 0.3) is 5.91 Å². The van der Waals surface area contributed by atoms with Crippen LogP contribution >= 0.6 is 0 Å². The smallest absolute Gasteiger partial charge is 0.296 e. The van der Waals surface area contributed by atoms with Gasteiger partial charge in [0.15, 0.2) is 5.43 Å². The number of hydrogen-bond acceptors (Lipinski definition) is 4. The van der Waals surface area contributed by atoms with Gasteiger partial charge in [-0.15, -0.1) is 0 Å². The van der Waals surface area contributed by atoms with E-state index in [2.05, 4.69) is 4.98 Å². The molecule has 0 N–H and O–H groups in total. The number of benzene rings is 2. The zero-order chi connectivity index (χ0) is 19.3. The van der Waals surface area contributed by atoms with E-state index in [1.807, 2.05) is 43.3 Å². The lowest BCUT2D eigenvalue weighted by Gasteiger charge is -2.24. The lowest BCUT2D eigenvalue weighted by molar-refractivity contribution is 0.0970. The average Bonchev–Trinajstić information content (AvgIpc) is 3.02. The standard InChI is InChI=1S/C23H16N2O3/c1-14-11-12-18(24-13-14)25-20(15-7-3-2-4-8-15)19-21(26)16-9-5-6-10-17(16)28-22(19)23(25)27/h2-13,20H,1H3. The van der Waals surface area contributed by atoms with Gasteiger partial charge < -0.3 is 4.42 Å². The van der Waals surface area contributed by atoms with Crippen LogP contribution < -0.4 is 10.3 Å². The highest BCUT2D eigenvalue weighted by Gasteiger charge is 2.44. The number of carbonyl (C=O) groups is 1. The van der Waals surface area contributed by atoms with Gasteiger partial charge in [0.05, 0.1) is 17.0 Å². The lowest BCUT2D eigenvalue weighted by atomic mass is 9.98. The summed E-state index contributed by atoms with van der Waals surface area (Å²) in [6.45, 7) is 1.93. The second-order valence-electron chi connectivity index (χ2n) is 6.85. The highest BCUT2D eigenvalue weighted by molar-refractivity contribution is 6.10. The minimum Gasteiger partial charge on any atom is -0.450 e. The molecular formula is C23H16N2O3. The number of hydrogen-bond donors (Lipinski definition) is 0. The van der Waals surface area contributed by atoms with Crippen LogP contribution in [0, 0.1) is 6.92 Å². The Morgan fingerprint density at radius 2 is 1.68 bits per heavy atom. The fraction of sp³-hybridized carbons (Fsp3) is 0.0870. The number of aromatic nitrogens is 1. The third kappa shape index (κ3) is 2.36. The second kappa shape index (κ2) is 6.16. The first kappa shape index (κ1) is 16.4. The van der Waals surface area contributed by atoms with Crippen LogP contribution in [0.5, 0.6) is 0 Å². The van der Waals surface area contributed by atoms with E-state index in [0.717, 1.165) is 11.1 Å². The van der Waals surface area contributed by atoms with Crippen molar-refractivity contribution in [2.24, 2.45) is 0 Å². The molecule has 2 aromatic heterocycles. The highest BCUT2D eigenvalue weighted by Crippen LogP contribution is 2.40. The Hall–Kier alpha value is -3.73. The van der Waals surface area contributed by atoms with E-state index in [1.165, 1.54) is 0 Å². The summed E-state index contributed by atoms with van der Waals surface area (Å²) in [5.41, 5.74) is 2.40. The summed E-state index contributed by atoms with van der Waals surface area (Å²) in [5.74, 6) is 0.210. The van der Waals surface area contributed by atoms with E-state index < -0.39 is 6.04 Å². The van der Waals surface area contributed by atoms with Crippen molar-refractivity contribution in [3.8, 4) is 0 Å². The quantitative estimate of drug-likeness (QED) is 0.531. The highest BCUT2D eigenvalue weighted by atomic mass is 16.3. The van der Waals surface area contributed by atoms with E-state index in [0.29, 0.717) is 22.4 Å². The maximum absolute atomic E-state index is 13.3. The van der Waals surface area contributed by atoms with Gasteiger partial charge >= 0.3 is 0 Å². The number of rotatable bonds is 2. The van der Waals surface area contributed by atoms with Gasteiger partial charge in [-0.05, 0) is 36.2 Å². The van der Waals surface area contributed by atoms with Crippen LogP contribution in [-0.4, -0.2) is 10.9 Å². The van der Waals surface area contributed by atoms with Gasteiger partial charge in [0, 0.05) is 6.20 Å². The Kier molecular flexibility index (Phi) is 3.62. The third-order valence-electron chi connectivity index (χ3n) is 5.04. The van der Waals surface area contributed by atoms with Gasteiger partial charge in [-0.25, -0.2) is 4.98 Å². The molecule has 0 spiro atoms. The summed E-state index contributed by atoms with van der Waals surface area (Å²) >= 11 is 0. The van der Waals surface area contributed by atoms with Crippen LogP contribution in [0.4, 0.5) is 5.82 Å². The summed E-state index contributed by atoms with van der Waals surface area (Å²) < 4.78 is 5.91. The molecule has 5 heteroatoms. The van der Waals surface area contributed by atoms with Gasteiger partial charge in [-0.3, -0.25) is 14.5 Å². The van der Waals surface area contributed by atoms with Gasteiger partial charge in [-0.1, -0.05) is 48.5 Å². The van der Waals surface area contributed by atoms with Crippen molar-refractivity contribution in [1.29, 1.82) is 0 Å². The monoisotopic (exact) mass is 368 g/mol. The van der Waals surface area contributed by atoms with Crippen LogP contribution in [0.25, 0.3) is 11.0 Å². The van der Waals surface area contributed by atoms with E-state index >= 15 is 0 Å². The minimum absolute atomic E-state index is 0.0833. The normalized spacial score (nSPS) is 15.8. The summed E-state index contributed by atoms with van der Waals surface area (Å²) in [6.07, 6.45) is 1.71. The van der Waals surface area contributed by atoms with Crippen LogP contribution in [0.2, 0.25) is 0 Å². The number of carbonyl (C=O) groups excluding carboxylic acids is 1. The maximum Gasteiger partial charge on any atom is 0.296 e. The Labute approximate surface area is 160 Å². The molecule has 0 fully saturated rings. The van der Waals surface area contributed by atoms with Crippen molar-refractivity contribution < 1.29 is 9.21 Å². The van der Waals surface area contributed by atoms with E-state index in [1.54, 1.807) is 41.4 Å². The number of nitrogens with zero attached hydrogens (tertiary/aromatic N) is 2. The second-order valence-corrected chi connectivity index (χ2v) is 6.85. The molecule has 5 rings (SSSR count). The van der Waals surface area contributed by atoms with Crippen LogP contribution in [-0.2, 0) is 0 Å². The molecule has 2 aromatic carbocycles. The van der Waals surface area contributed by atoms with Crippen LogP contribution in [0.1, 0.15) is 33.3 Å². The number of aryl methyl sites for hydroxylation is 1. The third-order valence-corrected chi connectivity index (χ3v) is 5.04. The molecule has 4 aromatic rings. The molecule has 3 heterocycles. The number of anilines is 1. The largest absolute Gasteiger partial charge is 0.450 e. The van der Waals surface area contributed by atoms with Crippen molar-refractivity contribution in [1.82, 2.24) is 4.98 Å². The molecule has 1 aliphatic heterocycles. The topological polar surface area (TPSA) is 63.4 Å². The molecule has 136 valence electrons. The zero-order valence-corrected chi connectivity index (χ0v) is 15.1. The molecule has 1 amide bonds.